The number of aryl methyl sites for hydroxylation is 1. The minimum absolute atomic E-state index is 0.0306. The summed E-state index contributed by atoms with van der Waals surface area (Å²) < 4.78 is 13.2. The fraction of sp³-hybridized carbons (Fsp3) is 0.318. The van der Waals surface area contributed by atoms with Crippen LogP contribution in [0.3, 0.4) is 0 Å². The van der Waals surface area contributed by atoms with Crippen LogP contribution in [0.5, 0.6) is 5.75 Å². The molecule has 0 aliphatic carbocycles. The van der Waals surface area contributed by atoms with Gasteiger partial charge in [-0.3, -0.25) is 18.7 Å². The number of esters is 1. The Morgan fingerprint density at radius 3 is 2.53 bits per heavy atom. The van der Waals surface area contributed by atoms with Gasteiger partial charge in [0, 0.05) is 7.05 Å². The normalized spacial score (nSPS) is 11.8. The van der Waals surface area contributed by atoms with Crippen molar-refractivity contribution in [1.82, 2.24) is 14.5 Å². The standard InChI is InChI=1S/C22H25N3O5/c1-4-30-21(27)13-17(15-8-7-9-16(12-15)29-3)23-20(26)14-25-19-11-6-5-10-18(19)24(2)22(25)28/h5-12,17H,4,13-14H2,1-3H3,(H,23,26). The second-order valence-electron chi connectivity index (χ2n) is 6.82. The van der Waals surface area contributed by atoms with Gasteiger partial charge >= 0.3 is 11.7 Å². The monoisotopic (exact) mass is 411 g/mol. The van der Waals surface area contributed by atoms with Crippen molar-refractivity contribution in [3.05, 3.63) is 64.6 Å². The van der Waals surface area contributed by atoms with Gasteiger partial charge in [0.15, 0.2) is 0 Å². The third kappa shape index (κ3) is 4.53. The zero-order valence-corrected chi connectivity index (χ0v) is 17.3. The number of nitrogens with zero attached hydrogens (tertiary/aromatic N) is 2. The maximum atomic E-state index is 12.8. The number of nitrogens with one attached hydrogen (secondary N) is 1. The Bertz CT molecular complexity index is 1120. The molecule has 1 heterocycles. The predicted molar refractivity (Wildman–Crippen MR) is 112 cm³/mol. The van der Waals surface area contributed by atoms with Gasteiger partial charge in [-0.2, -0.15) is 0 Å². The van der Waals surface area contributed by atoms with Crippen LogP contribution in [0.1, 0.15) is 24.9 Å². The summed E-state index contributed by atoms with van der Waals surface area (Å²) in [7, 11) is 3.21. The van der Waals surface area contributed by atoms with E-state index < -0.39 is 12.0 Å². The predicted octanol–water partition coefficient (Wildman–Crippen LogP) is 2.16. The molecule has 0 aliphatic heterocycles. The molecule has 1 atom stereocenters. The van der Waals surface area contributed by atoms with E-state index in [0.717, 1.165) is 5.52 Å². The molecule has 8 nitrogen and oxygen atoms in total. The highest BCUT2D eigenvalue weighted by Crippen LogP contribution is 2.22. The average Bonchev–Trinajstić information content (AvgIpc) is 2.98. The molecule has 0 aliphatic rings. The molecule has 8 heteroatoms. The molecule has 3 rings (SSSR count). The highest BCUT2D eigenvalue weighted by Gasteiger charge is 2.21. The Labute approximate surface area is 174 Å². The van der Waals surface area contributed by atoms with Gasteiger partial charge in [0.1, 0.15) is 12.3 Å². The highest BCUT2D eigenvalue weighted by atomic mass is 16.5. The van der Waals surface area contributed by atoms with Crippen LogP contribution >= 0.6 is 0 Å². The lowest BCUT2D eigenvalue weighted by molar-refractivity contribution is -0.143. The van der Waals surface area contributed by atoms with Crippen LogP contribution in [0.15, 0.2) is 53.3 Å². The molecule has 0 fully saturated rings. The number of carbonyl (C=O) groups excluding carboxylic acids is 2. The van der Waals surface area contributed by atoms with E-state index in [2.05, 4.69) is 5.32 Å². The first-order chi connectivity index (χ1) is 14.4. The van der Waals surface area contributed by atoms with Crippen LogP contribution in [-0.4, -0.2) is 34.7 Å². The number of methoxy groups -OCH3 is 1. The molecule has 158 valence electrons. The molecule has 1 unspecified atom stereocenters. The van der Waals surface area contributed by atoms with Crippen molar-refractivity contribution in [1.29, 1.82) is 0 Å². The van der Waals surface area contributed by atoms with Crippen molar-refractivity contribution in [2.45, 2.75) is 25.9 Å². The van der Waals surface area contributed by atoms with Gasteiger partial charge in [0.05, 0.1) is 37.2 Å². The molecule has 3 aromatic rings. The Kier molecular flexibility index (Phi) is 6.56. The number of carbonyl (C=O) groups is 2. The van der Waals surface area contributed by atoms with Gasteiger partial charge in [0.2, 0.25) is 5.91 Å². The Morgan fingerprint density at radius 1 is 1.10 bits per heavy atom. The summed E-state index contributed by atoms with van der Waals surface area (Å²) in [5, 5.41) is 2.86. The molecule has 1 N–H and O–H groups in total. The van der Waals surface area contributed by atoms with E-state index in [0.29, 0.717) is 16.8 Å². The van der Waals surface area contributed by atoms with Crippen LogP contribution in [0, 0.1) is 0 Å². The number of rotatable bonds is 8. The maximum Gasteiger partial charge on any atom is 0.329 e. The number of amides is 1. The average molecular weight is 411 g/mol. The lowest BCUT2D eigenvalue weighted by Crippen LogP contribution is -2.36. The number of ether oxygens (including phenoxy) is 2. The minimum Gasteiger partial charge on any atom is -0.497 e. The van der Waals surface area contributed by atoms with Crippen molar-refractivity contribution in [2.75, 3.05) is 13.7 Å². The second kappa shape index (κ2) is 9.30. The van der Waals surface area contributed by atoms with Gasteiger partial charge in [-0.05, 0) is 36.8 Å². The van der Waals surface area contributed by atoms with Crippen LogP contribution in [0.4, 0.5) is 0 Å². The number of para-hydroxylation sites is 2. The number of fused-ring (bicyclic) bond motifs is 1. The van der Waals surface area contributed by atoms with Crippen LogP contribution in [-0.2, 0) is 27.9 Å². The highest BCUT2D eigenvalue weighted by molar-refractivity contribution is 5.81. The van der Waals surface area contributed by atoms with E-state index >= 15 is 0 Å². The summed E-state index contributed by atoms with van der Waals surface area (Å²) in [5.74, 6) is -0.195. The van der Waals surface area contributed by atoms with E-state index in [4.69, 9.17) is 9.47 Å². The SMILES string of the molecule is CCOC(=O)CC(NC(=O)Cn1c(=O)n(C)c2ccccc21)c1cccc(OC)c1. The number of imidazole rings is 1. The van der Waals surface area contributed by atoms with E-state index in [1.807, 2.05) is 18.2 Å². The summed E-state index contributed by atoms with van der Waals surface area (Å²) in [5.41, 5.74) is 1.84. The minimum atomic E-state index is -0.614. The molecule has 0 saturated carbocycles. The summed E-state index contributed by atoms with van der Waals surface area (Å²) in [6.45, 7) is 1.82. The van der Waals surface area contributed by atoms with E-state index in [9.17, 15) is 14.4 Å². The first-order valence-electron chi connectivity index (χ1n) is 9.67. The molecule has 1 amide bonds. The van der Waals surface area contributed by atoms with Gasteiger partial charge in [-0.15, -0.1) is 0 Å². The molecule has 2 aromatic carbocycles. The topological polar surface area (TPSA) is 91.6 Å². The van der Waals surface area contributed by atoms with Gasteiger partial charge in [-0.25, -0.2) is 4.79 Å². The van der Waals surface area contributed by atoms with Gasteiger partial charge in [0.25, 0.3) is 0 Å². The first-order valence-corrected chi connectivity index (χ1v) is 9.67. The van der Waals surface area contributed by atoms with Crippen LogP contribution in [0.2, 0.25) is 0 Å². The van der Waals surface area contributed by atoms with Crippen molar-refractivity contribution >= 4 is 22.9 Å². The summed E-state index contributed by atoms with van der Waals surface area (Å²) in [6, 6.07) is 13.8. The number of aromatic nitrogens is 2. The lowest BCUT2D eigenvalue weighted by Gasteiger charge is -2.19. The maximum absolute atomic E-state index is 12.8. The largest absolute Gasteiger partial charge is 0.497 e. The van der Waals surface area contributed by atoms with E-state index in [1.165, 1.54) is 9.13 Å². The smallest absolute Gasteiger partial charge is 0.329 e. The van der Waals surface area contributed by atoms with Crippen LogP contribution < -0.4 is 15.7 Å². The lowest BCUT2D eigenvalue weighted by atomic mass is 10.0. The molecular formula is C22H25N3O5. The quantitative estimate of drug-likeness (QED) is 0.574. The molecule has 0 radical (unpaired) electrons. The zero-order valence-electron chi connectivity index (χ0n) is 17.3. The summed E-state index contributed by atoms with van der Waals surface area (Å²) in [6.07, 6.45) is -0.0306. The van der Waals surface area contributed by atoms with E-state index in [1.54, 1.807) is 51.4 Å². The molecule has 0 saturated heterocycles. The second-order valence-corrected chi connectivity index (χ2v) is 6.82. The van der Waals surface area contributed by atoms with Crippen LogP contribution in [0.25, 0.3) is 11.0 Å². The third-order valence-corrected chi connectivity index (χ3v) is 4.86. The molecule has 30 heavy (non-hydrogen) atoms. The molecule has 1 aromatic heterocycles. The first kappa shape index (κ1) is 21.2. The Hall–Kier alpha value is -3.55. The summed E-state index contributed by atoms with van der Waals surface area (Å²) in [4.78, 5) is 37.5. The summed E-state index contributed by atoms with van der Waals surface area (Å²) >= 11 is 0. The molecule has 0 spiro atoms. The van der Waals surface area contributed by atoms with E-state index in [-0.39, 0.29) is 31.2 Å². The Balaban J connectivity index is 1.85. The zero-order chi connectivity index (χ0) is 21.7. The number of hydrogen-bond donors (Lipinski definition) is 1. The molecular weight excluding hydrogens is 386 g/mol. The van der Waals surface area contributed by atoms with Gasteiger partial charge < -0.3 is 14.8 Å². The third-order valence-electron chi connectivity index (χ3n) is 4.86. The molecule has 0 bridgehead atoms. The van der Waals surface area contributed by atoms with Crippen molar-refractivity contribution in [3.63, 3.8) is 0 Å². The van der Waals surface area contributed by atoms with Crippen molar-refractivity contribution in [2.24, 2.45) is 7.05 Å². The fourth-order valence-electron chi connectivity index (χ4n) is 3.40. The van der Waals surface area contributed by atoms with Gasteiger partial charge in [-0.1, -0.05) is 24.3 Å². The van der Waals surface area contributed by atoms with Crippen molar-refractivity contribution in [3.8, 4) is 5.75 Å². The van der Waals surface area contributed by atoms with Crippen molar-refractivity contribution < 1.29 is 19.1 Å². The fourth-order valence-corrected chi connectivity index (χ4v) is 3.40. The number of hydrogen-bond acceptors (Lipinski definition) is 5. The Morgan fingerprint density at radius 2 is 1.83 bits per heavy atom. The number of benzene rings is 2.